The van der Waals surface area contributed by atoms with Gasteiger partial charge in [0.1, 0.15) is 6.61 Å². The lowest BCUT2D eigenvalue weighted by molar-refractivity contribution is -0.149. The Bertz CT molecular complexity index is 280. The van der Waals surface area contributed by atoms with Crippen LogP contribution in [0.5, 0.6) is 0 Å². The molecule has 0 aliphatic carbocycles. The Morgan fingerprint density at radius 2 is 1.63 bits per heavy atom. The van der Waals surface area contributed by atoms with E-state index in [9.17, 15) is 9.59 Å². The van der Waals surface area contributed by atoms with Gasteiger partial charge in [0.05, 0.1) is 5.92 Å². The van der Waals surface area contributed by atoms with Crippen LogP contribution >= 0.6 is 0 Å². The molecule has 0 fully saturated rings. The summed E-state index contributed by atoms with van der Waals surface area (Å²) in [6.07, 6.45) is 0.964. The molecule has 0 aromatic carbocycles. The fraction of sp³-hybridized carbons (Fsp3) is 0.846. The maximum atomic E-state index is 11.9. The number of carboxylic acids is 1. The van der Waals surface area contributed by atoms with Crippen LogP contribution in [0.15, 0.2) is 0 Å². The van der Waals surface area contributed by atoms with Gasteiger partial charge in [-0.1, -0.05) is 0 Å². The summed E-state index contributed by atoms with van der Waals surface area (Å²) in [5, 5.41) is 8.70. The number of carboxylic acid groups (broad SMARTS) is 1. The first kappa shape index (κ1) is 17.9. The van der Waals surface area contributed by atoms with Crippen LogP contribution in [0, 0.1) is 5.92 Å². The Labute approximate surface area is 115 Å². The molecule has 1 unspecified atom stereocenters. The summed E-state index contributed by atoms with van der Waals surface area (Å²) in [6, 6.07) is 0. The second kappa shape index (κ2) is 9.75. The van der Waals surface area contributed by atoms with Crippen LogP contribution in [0.25, 0.3) is 0 Å². The van der Waals surface area contributed by atoms with E-state index in [4.69, 9.17) is 9.84 Å². The largest absolute Gasteiger partial charge is 0.481 e. The molecule has 0 spiro atoms. The van der Waals surface area contributed by atoms with Crippen molar-refractivity contribution in [2.45, 2.75) is 19.3 Å². The third kappa shape index (κ3) is 10.5. The normalized spacial score (nSPS) is 12.7. The fourth-order valence-electron chi connectivity index (χ4n) is 1.54. The van der Waals surface area contributed by atoms with Crippen molar-refractivity contribution in [3.63, 3.8) is 0 Å². The predicted molar refractivity (Wildman–Crippen MR) is 73.0 cm³/mol. The van der Waals surface area contributed by atoms with Crippen LogP contribution in [0.4, 0.5) is 0 Å². The monoisotopic (exact) mass is 274 g/mol. The number of carbonyl (C=O) groups is 2. The molecule has 0 radical (unpaired) electrons. The highest BCUT2D eigenvalue weighted by molar-refractivity contribution is 5.74. The molecule has 0 heterocycles. The minimum Gasteiger partial charge on any atom is -0.481 e. The third-order valence-corrected chi connectivity index (χ3v) is 2.75. The van der Waals surface area contributed by atoms with Crippen molar-refractivity contribution >= 4 is 11.9 Å². The molecule has 6 heteroatoms. The van der Waals surface area contributed by atoms with Crippen molar-refractivity contribution in [3.8, 4) is 0 Å². The maximum Gasteiger partial charge on any atom is 0.309 e. The molecule has 1 N–H and O–H groups in total. The van der Waals surface area contributed by atoms with Gasteiger partial charge in [-0.3, -0.25) is 9.59 Å². The van der Waals surface area contributed by atoms with E-state index < -0.39 is 5.97 Å². The lowest BCUT2D eigenvalue weighted by atomic mass is 9.99. The lowest BCUT2D eigenvalue weighted by Gasteiger charge is -2.18. The molecule has 0 aliphatic rings. The number of hydrogen-bond donors (Lipinski definition) is 1. The summed E-state index contributed by atoms with van der Waals surface area (Å²) < 4.78 is 5.19. The topological polar surface area (TPSA) is 70.1 Å². The summed E-state index contributed by atoms with van der Waals surface area (Å²) in [6.45, 7) is 1.76. The average Bonchev–Trinajstić information content (AvgIpc) is 2.27. The van der Waals surface area contributed by atoms with Crippen molar-refractivity contribution in [2.75, 3.05) is 47.9 Å². The van der Waals surface area contributed by atoms with Gasteiger partial charge in [0.25, 0.3) is 0 Å². The smallest absolute Gasteiger partial charge is 0.309 e. The molecule has 1 atom stereocenters. The van der Waals surface area contributed by atoms with E-state index in [0.29, 0.717) is 26.0 Å². The summed E-state index contributed by atoms with van der Waals surface area (Å²) >= 11 is 0. The Kier molecular flexibility index (Phi) is 9.16. The highest BCUT2D eigenvalue weighted by Gasteiger charge is 2.21. The molecule has 0 saturated carbocycles. The number of hydrogen-bond acceptors (Lipinski definition) is 5. The summed E-state index contributed by atoms with van der Waals surface area (Å²) in [4.78, 5) is 26.4. The number of esters is 1. The SMILES string of the molecule is CN(C)CCOC(=O)C(CCC(=O)O)CCN(C)C. The van der Waals surface area contributed by atoms with Gasteiger partial charge in [-0.25, -0.2) is 0 Å². The van der Waals surface area contributed by atoms with Gasteiger partial charge in [0.2, 0.25) is 0 Å². The van der Waals surface area contributed by atoms with Gasteiger partial charge >= 0.3 is 11.9 Å². The summed E-state index contributed by atoms with van der Waals surface area (Å²) in [5.74, 6) is -1.50. The zero-order valence-corrected chi connectivity index (χ0v) is 12.4. The molecule has 6 nitrogen and oxygen atoms in total. The van der Waals surface area contributed by atoms with E-state index in [-0.39, 0.29) is 18.3 Å². The van der Waals surface area contributed by atoms with Crippen LogP contribution in [0.2, 0.25) is 0 Å². The molecule has 0 aromatic rings. The third-order valence-electron chi connectivity index (χ3n) is 2.75. The van der Waals surface area contributed by atoms with E-state index in [1.165, 1.54) is 0 Å². The molecular formula is C13H26N2O4. The number of rotatable bonds is 10. The van der Waals surface area contributed by atoms with Crippen LogP contribution in [-0.2, 0) is 14.3 Å². The quantitative estimate of drug-likeness (QED) is 0.586. The lowest BCUT2D eigenvalue weighted by Crippen LogP contribution is -2.27. The van der Waals surface area contributed by atoms with E-state index in [2.05, 4.69) is 0 Å². The zero-order chi connectivity index (χ0) is 14.8. The van der Waals surface area contributed by atoms with Crippen LogP contribution in [-0.4, -0.2) is 74.7 Å². The highest BCUT2D eigenvalue weighted by Crippen LogP contribution is 2.14. The number of aliphatic carboxylic acids is 1. The van der Waals surface area contributed by atoms with Gasteiger partial charge in [-0.15, -0.1) is 0 Å². The predicted octanol–water partition coefficient (Wildman–Crippen LogP) is 0.524. The van der Waals surface area contributed by atoms with Crippen molar-refractivity contribution < 1.29 is 19.4 Å². The van der Waals surface area contributed by atoms with E-state index in [1.807, 2.05) is 38.0 Å². The maximum absolute atomic E-state index is 11.9. The Morgan fingerprint density at radius 1 is 1.05 bits per heavy atom. The first-order valence-electron chi connectivity index (χ1n) is 6.50. The van der Waals surface area contributed by atoms with E-state index in [0.717, 1.165) is 6.54 Å². The molecule has 0 aliphatic heterocycles. The number of carbonyl (C=O) groups excluding carboxylic acids is 1. The molecular weight excluding hydrogens is 248 g/mol. The average molecular weight is 274 g/mol. The van der Waals surface area contributed by atoms with Gasteiger partial charge in [0.15, 0.2) is 0 Å². The number of likely N-dealkylation sites (N-methyl/N-ethyl adjacent to an activating group) is 1. The van der Waals surface area contributed by atoms with Gasteiger partial charge in [0, 0.05) is 13.0 Å². The van der Waals surface area contributed by atoms with E-state index in [1.54, 1.807) is 0 Å². The minimum absolute atomic E-state index is 0.000869. The second-order valence-corrected chi connectivity index (χ2v) is 5.19. The standard InChI is InChI=1S/C13H26N2O4/c1-14(2)8-7-11(5-6-12(16)17)13(18)19-10-9-15(3)4/h11H,5-10H2,1-4H3,(H,16,17). The molecule has 112 valence electrons. The Hall–Kier alpha value is -1.14. The van der Waals surface area contributed by atoms with Gasteiger partial charge < -0.3 is 19.6 Å². The highest BCUT2D eigenvalue weighted by atomic mass is 16.5. The summed E-state index contributed by atoms with van der Waals surface area (Å²) in [7, 11) is 7.65. The zero-order valence-electron chi connectivity index (χ0n) is 12.4. The molecule has 0 saturated heterocycles. The van der Waals surface area contributed by atoms with Crippen LogP contribution < -0.4 is 0 Å². The molecule has 19 heavy (non-hydrogen) atoms. The van der Waals surface area contributed by atoms with Crippen LogP contribution in [0.1, 0.15) is 19.3 Å². The first-order valence-corrected chi connectivity index (χ1v) is 6.50. The molecule has 0 amide bonds. The van der Waals surface area contributed by atoms with Gasteiger partial charge in [-0.2, -0.15) is 0 Å². The Morgan fingerprint density at radius 3 is 2.11 bits per heavy atom. The van der Waals surface area contributed by atoms with Crippen molar-refractivity contribution in [1.82, 2.24) is 9.80 Å². The second-order valence-electron chi connectivity index (χ2n) is 5.19. The van der Waals surface area contributed by atoms with Crippen LogP contribution in [0.3, 0.4) is 0 Å². The van der Waals surface area contributed by atoms with Crippen molar-refractivity contribution in [2.24, 2.45) is 5.92 Å². The number of nitrogens with zero attached hydrogens (tertiary/aromatic N) is 2. The van der Waals surface area contributed by atoms with Gasteiger partial charge in [-0.05, 0) is 47.6 Å². The number of ether oxygens (including phenoxy) is 1. The first-order chi connectivity index (χ1) is 8.82. The molecule has 0 aromatic heterocycles. The molecule has 0 rings (SSSR count). The van der Waals surface area contributed by atoms with E-state index >= 15 is 0 Å². The Balaban J connectivity index is 4.19. The molecule has 0 bridgehead atoms. The summed E-state index contributed by atoms with van der Waals surface area (Å²) in [5.41, 5.74) is 0. The van der Waals surface area contributed by atoms with Crippen molar-refractivity contribution in [3.05, 3.63) is 0 Å². The minimum atomic E-state index is -0.879. The fourth-order valence-corrected chi connectivity index (χ4v) is 1.54. The van der Waals surface area contributed by atoms with Crippen molar-refractivity contribution in [1.29, 1.82) is 0 Å².